The minimum atomic E-state index is -0.387. The highest BCUT2D eigenvalue weighted by molar-refractivity contribution is 7.99. The summed E-state index contributed by atoms with van der Waals surface area (Å²) >= 11 is 7.46. The van der Waals surface area contributed by atoms with Crippen LogP contribution < -0.4 is 10.2 Å². The molecule has 0 aliphatic carbocycles. The molecule has 1 fully saturated rings. The smallest absolute Gasteiger partial charge is 0.230 e. The average molecular weight is 477 g/mol. The Bertz CT molecular complexity index is 930. The van der Waals surface area contributed by atoms with Gasteiger partial charge >= 0.3 is 0 Å². The van der Waals surface area contributed by atoms with Gasteiger partial charge in [-0.05, 0) is 12.1 Å². The lowest BCUT2D eigenvalue weighted by atomic mass is 9.94. The van der Waals surface area contributed by atoms with Crippen LogP contribution in [-0.4, -0.2) is 70.1 Å². The Morgan fingerprint density at radius 3 is 2.56 bits per heavy atom. The second-order valence-corrected chi connectivity index (χ2v) is 9.90. The zero-order chi connectivity index (χ0) is 23.1. The molecular weight excluding hydrogens is 448 g/mol. The molecule has 10 heteroatoms. The molecule has 1 aliphatic heterocycles. The minimum absolute atomic E-state index is 0.0923. The third-order valence-electron chi connectivity index (χ3n) is 4.96. The summed E-state index contributed by atoms with van der Waals surface area (Å²) in [6, 6.07) is 7.44. The number of piperazine rings is 1. The number of nitrogens with zero attached hydrogens (tertiary/aromatic N) is 5. The molecule has 0 radical (unpaired) electrons. The van der Waals surface area contributed by atoms with Gasteiger partial charge in [-0.2, -0.15) is 0 Å². The number of pyridine rings is 1. The van der Waals surface area contributed by atoms with E-state index in [1.54, 1.807) is 12.3 Å². The molecule has 3 rings (SSSR count). The highest BCUT2D eigenvalue weighted by atomic mass is 35.5. The van der Waals surface area contributed by atoms with Crippen LogP contribution in [0.4, 0.5) is 5.82 Å². The number of amides is 2. The van der Waals surface area contributed by atoms with E-state index < -0.39 is 0 Å². The number of anilines is 1. The van der Waals surface area contributed by atoms with Crippen LogP contribution in [0.5, 0.6) is 0 Å². The summed E-state index contributed by atoms with van der Waals surface area (Å²) in [5.74, 6) is 0.982. The average Bonchev–Trinajstić information content (AvgIpc) is 2.77. The van der Waals surface area contributed by atoms with Gasteiger partial charge in [-0.15, -0.1) is 0 Å². The lowest BCUT2D eigenvalue weighted by Gasteiger charge is -2.38. The fourth-order valence-corrected chi connectivity index (χ4v) is 4.19. The maximum absolute atomic E-state index is 12.5. The zero-order valence-corrected chi connectivity index (χ0v) is 20.2. The van der Waals surface area contributed by atoms with Crippen molar-refractivity contribution in [2.75, 3.05) is 43.4 Å². The van der Waals surface area contributed by atoms with E-state index in [0.29, 0.717) is 55.3 Å². The van der Waals surface area contributed by atoms with E-state index in [1.165, 1.54) is 11.8 Å². The fourth-order valence-electron chi connectivity index (χ4n) is 3.28. The summed E-state index contributed by atoms with van der Waals surface area (Å²) in [7, 11) is 0. The highest BCUT2D eigenvalue weighted by Crippen LogP contribution is 2.24. The van der Waals surface area contributed by atoms with Crippen LogP contribution in [0.1, 0.15) is 26.5 Å². The number of hydrogen-bond donors (Lipinski definition) is 1. The predicted molar refractivity (Wildman–Crippen MR) is 127 cm³/mol. The summed E-state index contributed by atoms with van der Waals surface area (Å²) < 4.78 is 0. The van der Waals surface area contributed by atoms with Crippen molar-refractivity contribution in [3.05, 3.63) is 41.3 Å². The van der Waals surface area contributed by atoms with Gasteiger partial charge in [0.2, 0.25) is 11.8 Å². The summed E-state index contributed by atoms with van der Waals surface area (Å²) in [6.07, 6.45) is 2.42. The normalized spacial score (nSPS) is 14.4. The van der Waals surface area contributed by atoms with Gasteiger partial charge in [0.25, 0.3) is 0 Å². The summed E-state index contributed by atoms with van der Waals surface area (Å²) in [5.41, 5.74) is 0.551. The maximum Gasteiger partial charge on any atom is 0.230 e. The lowest BCUT2D eigenvalue weighted by Crippen LogP contribution is -2.51. The van der Waals surface area contributed by atoms with Crippen LogP contribution >= 0.6 is 23.4 Å². The van der Waals surface area contributed by atoms with Gasteiger partial charge in [-0.1, -0.05) is 50.2 Å². The van der Waals surface area contributed by atoms with E-state index in [4.69, 9.17) is 11.6 Å². The van der Waals surface area contributed by atoms with Gasteiger partial charge in [-0.3, -0.25) is 14.6 Å². The molecule has 0 atom stereocenters. The molecule has 32 heavy (non-hydrogen) atoms. The number of nitrogens with one attached hydrogen (secondary N) is 1. The van der Waals surface area contributed by atoms with Gasteiger partial charge in [0, 0.05) is 62.5 Å². The van der Waals surface area contributed by atoms with E-state index in [-0.39, 0.29) is 23.0 Å². The molecule has 0 aromatic carbocycles. The molecule has 0 spiro atoms. The molecule has 2 aromatic heterocycles. The van der Waals surface area contributed by atoms with E-state index in [0.717, 1.165) is 5.69 Å². The fraction of sp³-hybridized carbons (Fsp3) is 0.500. The molecule has 2 aromatic rings. The standard InChI is InChI=1S/C22H29ClN6O2S/c1-22(2,3)20(31)29-12-10-28(11-13-29)18-14-17(23)26-21(27-18)32-15-19(30)25-9-7-16-6-4-5-8-24-16/h4-6,8,14H,7,9-13,15H2,1-3H3,(H,25,30). The van der Waals surface area contributed by atoms with Crippen LogP contribution in [0.25, 0.3) is 0 Å². The third kappa shape index (κ3) is 7.06. The van der Waals surface area contributed by atoms with Crippen molar-refractivity contribution in [2.45, 2.75) is 32.3 Å². The van der Waals surface area contributed by atoms with Crippen LogP contribution in [0, 0.1) is 5.41 Å². The monoisotopic (exact) mass is 476 g/mol. The number of carbonyl (C=O) groups is 2. The van der Waals surface area contributed by atoms with E-state index >= 15 is 0 Å². The SMILES string of the molecule is CC(C)(C)C(=O)N1CCN(c2cc(Cl)nc(SCC(=O)NCCc3ccccn3)n2)CC1. The Morgan fingerprint density at radius 1 is 1.16 bits per heavy atom. The van der Waals surface area contributed by atoms with Crippen molar-refractivity contribution < 1.29 is 9.59 Å². The molecule has 1 aliphatic rings. The Labute approximate surface area is 198 Å². The predicted octanol–water partition coefficient (Wildman–Crippen LogP) is 2.67. The molecule has 3 heterocycles. The second kappa shape index (κ2) is 11.0. The highest BCUT2D eigenvalue weighted by Gasteiger charge is 2.30. The largest absolute Gasteiger partial charge is 0.355 e. The van der Waals surface area contributed by atoms with Crippen molar-refractivity contribution in [3.63, 3.8) is 0 Å². The molecule has 8 nitrogen and oxygen atoms in total. The van der Waals surface area contributed by atoms with Crippen molar-refractivity contribution in [3.8, 4) is 0 Å². The first-order valence-corrected chi connectivity index (χ1v) is 12.0. The summed E-state index contributed by atoms with van der Waals surface area (Å²) in [6.45, 7) is 8.95. The van der Waals surface area contributed by atoms with E-state index in [2.05, 4.69) is 25.2 Å². The summed E-state index contributed by atoms with van der Waals surface area (Å²) in [4.78, 5) is 41.7. The Balaban J connectivity index is 1.49. The molecule has 2 amide bonds. The molecule has 1 N–H and O–H groups in total. The van der Waals surface area contributed by atoms with Crippen LogP contribution in [0.15, 0.2) is 35.6 Å². The molecular formula is C22H29ClN6O2S. The minimum Gasteiger partial charge on any atom is -0.355 e. The topological polar surface area (TPSA) is 91.3 Å². The molecule has 0 bridgehead atoms. The van der Waals surface area contributed by atoms with Crippen LogP contribution in [-0.2, 0) is 16.0 Å². The van der Waals surface area contributed by atoms with Gasteiger partial charge < -0.3 is 15.1 Å². The first kappa shape index (κ1) is 24.3. The number of hydrogen-bond acceptors (Lipinski definition) is 7. The van der Waals surface area contributed by atoms with Gasteiger partial charge in [0.15, 0.2) is 5.16 Å². The Morgan fingerprint density at radius 2 is 1.91 bits per heavy atom. The van der Waals surface area contributed by atoms with Gasteiger partial charge in [-0.25, -0.2) is 9.97 Å². The first-order valence-electron chi connectivity index (χ1n) is 10.6. The lowest BCUT2D eigenvalue weighted by molar-refractivity contribution is -0.139. The molecule has 0 saturated carbocycles. The maximum atomic E-state index is 12.5. The molecule has 1 saturated heterocycles. The number of thioether (sulfide) groups is 1. The Hall–Kier alpha value is -2.39. The number of aromatic nitrogens is 3. The second-order valence-electron chi connectivity index (χ2n) is 8.57. The number of rotatable bonds is 7. The summed E-state index contributed by atoms with van der Waals surface area (Å²) in [5, 5.41) is 3.68. The van der Waals surface area contributed by atoms with Crippen LogP contribution in [0.2, 0.25) is 5.15 Å². The van der Waals surface area contributed by atoms with Crippen molar-refractivity contribution >= 4 is 41.0 Å². The third-order valence-corrected chi connectivity index (χ3v) is 6.00. The Kier molecular flexibility index (Phi) is 8.31. The molecule has 172 valence electrons. The van der Waals surface area contributed by atoms with Crippen LogP contribution in [0.3, 0.4) is 0 Å². The van der Waals surface area contributed by atoms with Crippen molar-refractivity contribution in [1.29, 1.82) is 0 Å². The quantitative estimate of drug-likeness (QED) is 0.373. The number of carbonyl (C=O) groups excluding carboxylic acids is 2. The van der Waals surface area contributed by atoms with Gasteiger partial charge in [0.1, 0.15) is 11.0 Å². The first-order chi connectivity index (χ1) is 15.2. The number of halogens is 1. The van der Waals surface area contributed by atoms with E-state index in [1.807, 2.05) is 43.9 Å². The van der Waals surface area contributed by atoms with Crippen molar-refractivity contribution in [2.24, 2.45) is 5.41 Å². The van der Waals surface area contributed by atoms with E-state index in [9.17, 15) is 9.59 Å². The van der Waals surface area contributed by atoms with Gasteiger partial charge in [0.05, 0.1) is 5.75 Å². The zero-order valence-electron chi connectivity index (χ0n) is 18.7. The molecule has 0 unspecified atom stereocenters. The van der Waals surface area contributed by atoms with Crippen molar-refractivity contribution in [1.82, 2.24) is 25.2 Å².